The molecule has 0 saturated heterocycles. The lowest BCUT2D eigenvalue weighted by molar-refractivity contribution is 0.100. The van der Waals surface area contributed by atoms with Gasteiger partial charge in [-0.3, -0.25) is 4.79 Å². The molecule has 0 aromatic heterocycles. The summed E-state index contributed by atoms with van der Waals surface area (Å²) in [6, 6.07) is 4.56. The molecule has 1 aromatic carbocycles. The van der Waals surface area contributed by atoms with Gasteiger partial charge in [0.05, 0.1) is 24.0 Å². The number of carbonyl (C=O) groups is 1. The number of amides is 1. The third-order valence-corrected chi connectivity index (χ3v) is 2.59. The minimum Gasteiger partial charge on any atom is -0.397 e. The van der Waals surface area contributed by atoms with Crippen LogP contribution in [-0.2, 0) is 4.74 Å². The first-order valence-electron chi connectivity index (χ1n) is 5.64. The van der Waals surface area contributed by atoms with Crippen molar-refractivity contribution in [2.45, 2.75) is 12.5 Å². The Morgan fingerprint density at radius 3 is 2.83 bits per heavy atom. The molecule has 1 aromatic rings. The number of carbonyl (C=O) groups excluding carboxylic acids is 1. The van der Waals surface area contributed by atoms with Gasteiger partial charge >= 0.3 is 0 Å². The molecule has 0 bridgehead atoms. The molecule has 0 aliphatic heterocycles. The smallest absolute Gasteiger partial charge is 0.248 e. The second-order valence-corrected chi connectivity index (χ2v) is 3.97. The first-order valence-corrected chi connectivity index (χ1v) is 5.64. The zero-order chi connectivity index (χ0) is 13.5. The Bertz CT molecular complexity index is 410. The van der Waals surface area contributed by atoms with Crippen molar-refractivity contribution in [1.29, 1.82) is 0 Å². The lowest BCUT2D eigenvalue weighted by Gasteiger charge is -2.18. The highest BCUT2D eigenvalue weighted by Crippen LogP contribution is 2.21. The second kappa shape index (κ2) is 6.83. The number of nitrogens with two attached hydrogens (primary N) is 2. The Balaban J connectivity index is 2.80. The van der Waals surface area contributed by atoms with E-state index >= 15 is 0 Å². The van der Waals surface area contributed by atoms with Crippen LogP contribution in [0.5, 0.6) is 0 Å². The van der Waals surface area contributed by atoms with Crippen LogP contribution in [0.3, 0.4) is 0 Å². The van der Waals surface area contributed by atoms with E-state index < -0.39 is 5.91 Å². The number of anilines is 2. The summed E-state index contributed by atoms with van der Waals surface area (Å²) in [5, 5.41) is 12.3. The summed E-state index contributed by atoms with van der Waals surface area (Å²) < 4.78 is 4.95. The van der Waals surface area contributed by atoms with E-state index in [-0.39, 0.29) is 12.6 Å². The number of aliphatic hydroxyl groups excluding tert-OH is 1. The van der Waals surface area contributed by atoms with Crippen molar-refractivity contribution in [3.8, 4) is 0 Å². The van der Waals surface area contributed by atoms with Gasteiger partial charge < -0.3 is 26.6 Å². The highest BCUT2D eigenvalue weighted by Gasteiger charge is 2.10. The van der Waals surface area contributed by atoms with Crippen molar-refractivity contribution in [1.82, 2.24) is 0 Å². The van der Waals surface area contributed by atoms with Gasteiger partial charge in [0.15, 0.2) is 0 Å². The van der Waals surface area contributed by atoms with E-state index in [9.17, 15) is 9.90 Å². The van der Waals surface area contributed by atoms with Crippen molar-refractivity contribution in [3.63, 3.8) is 0 Å². The Kier molecular flexibility index (Phi) is 5.41. The molecule has 100 valence electrons. The van der Waals surface area contributed by atoms with Gasteiger partial charge in [0.1, 0.15) is 0 Å². The summed E-state index contributed by atoms with van der Waals surface area (Å²) in [6.45, 7) is 0.469. The monoisotopic (exact) mass is 253 g/mol. The molecule has 1 rings (SSSR count). The summed E-state index contributed by atoms with van der Waals surface area (Å²) in [5.41, 5.74) is 12.4. The van der Waals surface area contributed by atoms with E-state index in [1.807, 2.05) is 0 Å². The molecular weight excluding hydrogens is 234 g/mol. The Hall–Kier alpha value is -1.79. The molecule has 0 aliphatic rings. The van der Waals surface area contributed by atoms with Crippen molar-refractivity contribution in [2.75, 3.05) is 31.4 Å². The van der Waals surface area contributed by atoms with Gasteiger partial charge in [-0.25, -0.2) is 0 Å². The van der Waals surface area contributed by atoms with Crippen LogP contribution in [0.4, 0.5) is 11.4 Å². The molecule has 0 spiro atoms. The number of aliphatic hydroxyl groups is 1. The molecule has 0 saturated carbocycles. The van der Waals surface area contributed by atoms with Gasteiger partial charge in [-0.15, -0.1) is 0 Å². The predicted molar refractivity (Wildman–Crippen MR) is 70.4 cm³/mol. The maximum Gasteiger partial charge on any atom is 0.248 e. The summed E-state index contributed by atoms with van der Waals surface area (Å²) in [7, 11) is 1.59. The number of nitrogen functional groups attached to an aromatic ring is 1. The van der Waals surface area contributed by atoms with Crippen molar-refractivity contribution >= 4 is 17.3 Å². The number of rotatable bonds is 7. The first kappa shape index (κ1) is 14.3. The van der Waals surface area contributed by atoms with E-state index in [0.29, 0.717) is 30.0 Å². The lowest BCUT2D eigenvalue weighted by atomic mass is 10.1. The Morgan fingerprint density at radius 1 is 1.56 bits per heavy atom. The van der Waals surface area contributed by atoms with Gasteiger partial charge in [0.25, 0.3) is 0 Å². The summed E-state index contributed by atoms with van der Waals surface area (Å²) in [6.07, 6.45) is 0.632. The van der Waals surface area contributed by atoms with Gasteiger partial charge in [0, 0.05) is 19.3 Å². The highest BCUT2D eigenvalue weighted by molar-refractivity contribution is 5.94. The number of benzene rings is 1. The number of methoxy groups -OCH3 is 1. The van der Waals surface area contributed by atoms with Crippen LogP contribution in [-0.4, -0.2) is 37.4 Å². The standard InChI is InChI=1S/C12H19N3O3/c1-18-5-4-9(7-16)15-11-6-8(12(14)17)2-3-10(11)13/h2-3,6,9,15-16H,4-5,7,13H2,1H3,(H2,14,17). The molecule has 6 heteroatoms. The highest BCUT2D eigenvalue weighted by atomic mass is 16.5. The van der Waals surface area contributed by atoms with Crippen molar-refractivity contribution in [3.05, 3.63) is 23.8 Å². The quantitative estimate of drug-likeness (QED) is 0.518. The first-order chi connectivity index (χ1) is 8.58. The zero-order valence-electron chi connectivity index (χ0n) is 10.3. The fourth-order valence-corrected chi connectivity index (χ4v) is 1.52. The van der Waals surface area contributed by atoms with Crippen molar-refractivity contribution < 1.29 is 14.6 Å². The van der Waals surface area contributed by atoms with E-state index in [0.717, 1.165) is 0 Å². The van der Waals surface area contributed by atoms with Crippen LogP contribution in [0, 0.1) is 0 Å². The molecule has 6 nitrogen and oxygen atoms in total. The molecule has 1 amide bonds. The van der Waals surface area contributed by atoms with E-state index in [4.69, 9.17) is 16.2 Å². The third kappa shape index (κ3) is 3.90. The maximum atomic E-state index is 11.1. The third-order valence-electron chi connectivity index (χ3n) is 2.59. The van der Waals surface area contributed by atoms with Crippen LogP contribution in [0.25, 0.3) is 0 Å². The van der Waals surface area contributed by atoms with Gasteiger partial charge in [-0.1, -0.05) is 0 Å². The van der Waals surface area contributed by atoms with E-state index in [2.05, 4.69) is 5.32 Å². The SMILES string of the molecule is COCCC(CO)Nc1cc(C(N)=O)ccc1N. The van der Waals surface area contributed by atoms with Crippen LogP contribution in [0.1, 0.15) is 16.8 Å². The van der Waals surface area contributed by atoms with Crippen LogP contribution in [0.2, 0.25) is 0 Å². The molecule has 0 fully saturated rings. The van der Waals surface area contributed by atoms with Gasteiger partial charge in [0.2, 0.25) is 5.91 Å². The summed E-state index contributed by atoms with van der Waals surface area (Å²) >= 11 is 0. The summed E-state index contributed by atoms with van der Waals surface area (Å²) in [5.74, 6) is -0.518. The average molecular weight is 253 g/mol. The van der Waals surface area contributed by atoms with Crippen LogP contribution < -0.4 is 16.8 Å². The lowest BCUT2D eigenvalue weighted by Crippen LogP contribution is -2.26. The number of hydrogen-bond acceptors (Lipinski definition) is 5. The number of primary amides is 1. The minimum atomic E-state index is -0.518. The minimum absolute atomic E-state index is 0.0520. The number of nitrogens with one attached hydrogen (secondary N) is 1. The number of ether oxygens (including phenoxy) is 1. The van der Waals surface area contributed by atoms with Gasteiger partial charge in [-0.2, -0.15) is 0 Å². The van der Waals surface area contributed by atoms with E-state index in [1.165, 1.54) is 0 Å². The normalized spacial score (nSPS) is 12.1. The molecule has 18 heavy (non-hydrogen) atoms. The molecule has 1 unspecified atom stereocenters. The fourth-order valence-electron chi connectivity index (χ4n) is 1.52. The molecular formula is C12H19N3O3. The van der Waals surface area contributed by atoms with Crippen LogP contribution >= 0.6 is 0 Å². The summed E-state index contributed by atoms with van der Waals surface area (Å²) in [4.78, 5) is 11.1. The maximum absolute atomic E-state index is 11.1. The fraction of sp³-hybridized carbons (Fsp3) is 0.417. The molecule has 0 radical (unpaired) electrons. The van der Waals surface area contributed by atoms with E-state index in [1.54, 1.807) is 25.3 Å². The molecule has 0 aliphatic carbocycles. The second-order valence-electron chi connectivity index (χ2n) is 3.97. The average Bonchev–Trinajstić information content (AvgIpc) is 2.36. The topological polar surface area (TPSA) is 111 Å². The van der Waals surface area contributed by atoms with Gasteiger partial charge in [-0.05, 0) is 24.6 Å². The van der Waals surface area contributed by atoms with Crippen LogP contribution in [0.15, 0.2) is 18.2 Å². The Morgan fingerprint density at radius 2 is 2.28 bits per heavy atom. The molecule has 6 N–H and O–H groups in total. The number of hydrogen-bond donors (Lipinski definition) is 4. The largest absolute Gasteiger partial charge is 0.397 e. The zero-order valence-corrected chi connectivity index (χ0v) is 10.3. The van der Waals surface area contributed by atoms with Crippen molar-refractivity contribution in [2.24, 2.45) is 5.73 Å². The predicted octanol–water partition coefficient (Wildman–Crippen LogP) is 0.177. The molecule has 0 heterocycles. The molecule has 1 atom stereocenters. The Labute approximate surface area is 106 Å².